The molecule has 0 atom stereocenters. The third-order valence-corrected chi connectivity index (χ3v) is 5.81. The summed E-state index contributed by atoms with van der Waals surface area (Å²) < 4.78 is 41.9. The summed E-state index contributed by atoms with van der Waals surface area (Å²) in [5.41, 5.74) is -1.18. The Labute approximate surface area is 201 Å². The highest BCUT2D eigenvalue weighted by atomic mass is 19.4. The maximum atomic E-state index is 13.2. The van der Waals surface area contributed by atoms with Gasteiger partial charge in [0.25, 0.3) is 5.56 Å². The predicted octanol–water partition coefficient (Wildman–Crippen LogP) is 4.56. The van der Waals surface area contributed by atoms with Crippen LogP contribution >= 0.6 is 0 Å². The number of hydrogen-bond donors (Lipinski definition) is 1. The number of alkyl halides is 3. The number of amides is 1. The van der Waals surface area contributed by atoms with E-state index in [2.05, 4.69) is 19.2 Å². The summed E-state index contributed by atoms with van der Waals surface area (Å²) in [5.74, 6) is 0.423. The fourth-order valence-electron chi connectivity index (χ4n) is 3.89. The molecule has 0 fully saturated rings. The molecule has 0 spiro atoms. The van der Waals surface area contributed by atoms with Crippen LogP contribution in [0.5, 0.6) is 0 Å². The summed E-state index contributed by atoms with van der Waals surface area (Å²) in [7, 11) is 0. The van der Waals surface area contributed by atoms with Crippen LogP contribution in [-0.4, -0.2) is 21.6 Å². The monoisotopic (exact) mass is 489 g/mol. The summed E-state index contributed by atoms with van der Waals surface area (Å²) >= 11 is 0. The van der Waals surface area contributed by atoms with Gasteiger partial charge >= 0.3 is 11.9 Å². The number of hydrogen-bond acceptors (Lipinski definition) is 3. The molecule has 0 saturated heterocycles. The number of para-hydroxylation sites is 1. The summed E-state index contributed by atoms with van der Waals surface area (Å²) in [6, 6.07) is 11.4. The average molecular weight is 490 g/mol. The molecule has 1 N–H and O–H groups in total. The van der Waals surface area contributed by atoms with Gasteiger partial charge < -0.3 is 5.32 Å². The van der Waals surface area contributed by atoms with Crippen molar-refractivity contribution in [2.24, 2.45) is 5.92 Å². The van der Waals surface area contributed by atoms with Crippen molar-refractivity contribution in [3.8, 4) is 0 Å². The van der Waals surface area contributed by atoms with Crippen molar-refractivity contribution in [3.63, 3.8) is 0 Å². The van der Waals surface area contributed by atoms with Crippen LogP contribution in [0, 0.1) is 5.92 Å². The molecule has 188 valence electrons. The van der Waals surface area contributed by atoms with Crippen molar-refractivity contribution in [2.45, 2.75) is 58.8 Å². The topological polar surface area (TPSA) is 73.1 Å². The quantitative estimate of drug-likeness (QED) is 0.424. The number of unbranched alkanes of at least 4 members (excludes halogenated alkanes) is 1. The molecule has 1 aromatic heterocycles. The number of aromatic nitrogens is 2. The fourth-order valence-corrected chi connectivity index (χ4v) is 3.89. The van der Waals surface area contributed by atoms with Crippen molar-refractivity contribution in [2.75, 3.05) is 6.54 Å². The molecule has 0 saturated carbocycles. The number of nitrogens with zero attached hydrogens (tertiary/aromatic N) is 2. The zero-order valence-electron chi connectivity index (χ0n) is 19.9. The lowest BCUT2D eigenvalue weighted by atomic mass is 10.1. The van der Waals surface area contributed by atoms with Gasteiger partial charge in [-0.1, -0.05) is 38.1 Å². The van der Waals surface area contributed by atoms with Crippen LogP contribution in [0.15, 0.2) is 58.1 Å². The molecular weight excluding hydrogens is 459 g/mol. The smallest absolute Gasteiger partial charge is 0.356 e. The second kappa shape index (κ2) is 11.4. The van der Waals surface area contributed by atoms with Gasteiger partial charge in [-0.05, 0) is 55.0 Å². The van der Waals surface area contributed by atoms with E-state index in [4.69, 9.17) is 0 Å². The van der Waals surface area contributed by atoms with E-state index >= 15 is 0 Å². The van der Waals surface area contributed by atoms with Gasteiger partial charge in [0.2, 0.25) is 5.91 Å². The number of fused-ring (bicyclic) bond motifs is 1. The molecule has 6 nitrogen and oxygen atoms in total. The Bertz CT molecular complexity index is 1290. The average Bonchev–Trinajstić information content (AvgIpc) is 2.80. The van der Waals surface area contributed by atoms with E-state index in [0.29, 0.717) is 48.2 Å². The molecule has 0 bridgehead atoms. The minimum atomic E-state index is -4.50. The van der Waals surface area contributed by atoms with E-state index in [1.165, 1.54) is 16.7 Å². The van der Waals surface area contributed by atoms with Crippen molar-refractivity contribution in [3.05, 3.63) is 80.5 Å². The zero-order valence-corrected chi connectivity index (χ0v) is 19.9. The molecule has 3 aromatic rings. The molecule has 1 amide bonds. The molecule has 0 aliphatic rings. The summed E-state index contributed by atoms with van der Waals surface area (Å²) in [6.07, 6.45) is -2.38. The summed E-state index contributed by atoms with van der Waals surface area (Å²) in [6.45, 7) is 4.77. The van der Waals surface area contributed by atoms with Gasteiger partial charge in [0, 0.05) is 19.5 Å². The molecule has 2 aromatic carbocycles. The third kappa shape index (κ3) is 6.83. The Morgan fingerprint density at radius 3 is 2.46 bits per heavy atom. The molecule has 1 heterocycles. The maximum Gasteiger partial charge on any atom is 0.416 e. The van der Waals surface area contributed by atoms with Crippen molar-refractivity contribution in [1.82, 2.24) is 14.5 Å². The largest absolute Gasteiger partial charge is 0.416 e. The first kappa shape index (κ1) is 26.2. The van der Waals surface area contributed by atoms with Gasteiger partial charge in [0.05, 0.1) is 23.0 Å². The number of nitrogens with one attached hydrogen (secondary N) is 1. The molecule has 35 heavy (non-hydrogen) atoms. The number of benzene rings is 2. The number of halogens is 3. The van der Waals surface area contributed by atoms with Crippen LogP contribution in [0.3, 0.4) is 0 Å². The first-order valence-corrected chi connectivity index (χ1v) is 11.7. The van der Waals surface area contributed by atoms with Gasteiger partial charge in [-0.3, -0.25) is 18.7 Å². The Hall–Kier alpha value is -3.36. The normalized spacial score (nSPS) is 11.8. The second-order valence-corrected chi connectivity index (χ2v) is 9.03. The third-order valence-electron chi connectivity index (χ3n) is 5.81. The fraction of sp³-hybridized carbons (Fsp3) is 0.423. The first-order valence-electron chi connectivity index (χ1n) is 11.7. The lowest BCUT2D eigenvalue weighted by molar-refractivity contribution is -0.137. The van der Waals surface area contributed by atoms with Gasteiger partial charge in [0.15, 0.2) is 0 Å². The molecule has 0 radical (unpaired) electrons. The standard InChI is InChI=1S/C26H30F3N3O3/c1-18(2)13-14-30-23(33)12-5-6-15-31-24(34)21-10-3-4-11-22(21)32(25(31)35)17-19-8-7-9-20(16-19)26(27,28)29/h3-4,7-11,16,18H,5-6,12-15,17H2,1-2H3,(H,30,33). The van der Waals surface area contributed by atoms with E-state index in [1.807, 2.05) is 0 Å². The number of carbonyl (C=O) groups excluding carboxylic acids is 1. The molecule has 3 rings (SSSR count). The minimum absolute atomic E-state index is 0.0709. The summed E-state index contributed by atoms with van der Waals surface area (Å²) in [4.78, 5) is 38.2. The zero-order chi connectivity index (χ0) is 25.6. The maximum absolute atomic E-state index is 13.2. The van der Waals surface area contributed by atoms with Gasteiger partial charge in [0.1, 0.15) is 0 Å². The van der Waals surface area contributed by atoms with Crippen LogP contribution in [0.2, 0.25) is 0 Å². The van der Waals surface area contributed by atoms with Crippen LogP contribution in [-0.2, 0) is 24.1 Å². The molecule has 0 unspecified atom stereocenters. The van der Waals surface area contributed by atoms with Crippen LogP contribution in [0.4, 0.5) is 13.2 Å². The Kier molecular flexibility index (Phi) is 8.53. The lowest BCUT2D eigenvalue weighted by Gasteiger charge is -2.15. The first-order chi connectivity index (χ1) is 16.6. The van der Waals surface area contributed by atoms with Crippen molar-refractivity contribution in [1.29, 1.82) is 0 Å². The van der Waals surface area contributed by atoms with Crippen LogP contribution in [0.1, 0.15) is 50.7 Å². The highest BCUT2D eigenvalue weighted by molar-refractivity contribution is 5.78. The lowest BCUT2D eigenvalue weighted by Crippen LogP contribution is -2.40. The van der Waals surface area contributed by atoms with E-state index in [9.17, 15) is 27.6 Å². The Balaban J connectivity index is 1.81. The Morgan fingerprint density at radius 2 is 1.74 bits per heavy atom. The van der Waals surface area contributed by atoms with E-state index in [-0.39, 0.29) is 19.0 Å². The minimum Gasteiger partial charge on any atom is -0.356 e. The SMILES string of the molecule is CC(C)CCNC(=O)CCCCn1c(=O)c2ccccc2n(Cc2cccc(C(F)(F)F)c2)c1=O. The van der Waals surface area contributed by atoms with Gasteiger partial charge in [-0.25, -0.2) is 4.79 Å². The predicted molar refractivity (Wildman–Crippen MR) is 129 cm³/mol. The number of rotatable bonds is 10. The Morgan fingerprint density at radius 1 is 1.00 bits per heavy atom. The van der Waals surface area contributed by atoms with Gasteiger partial charge in [-0.15, -0.1) is 0 Å². The van der Waals surface area contributed by atoms with E-state index in [1.54, 1.807) is 24.3 Å². The molecule has 0 aliphatic carbocycles. The second-order valence-electron chi connectivity index (χ2n) is 9.03. The summed E-state index contributed by atoms with van der Waals surface area (Å²) in [5, 5.41) is 3.17. The van der Waals surface area contributed by atoms with Crippen LogP contribution in [0.25, 0.3) is 10.9 Å². The molecule has 0 aliphatic heterocycles. The van der Waals surface area contributed by atoms with Crippen molar-refractivity contribution >= 4 is 16.8 Å². The van der Waals surface area contributed by atoms with Gasteiger partial charge in [-0.2, -0.15) is 13.2 Å². The van der Waals surface area contributed by atoms with E-state index < -0.39 is 23.0 Å². The van der Waals surface area contributed by atoms with E-state index in [0.717, 1.165) is 23.1 Å². The van der Waals surface area contributed by atoms with Crippen LogP contribution < -0.4 is 16.6 Å². The number of carbonyl (C=O) groups is 1. The highest BCUT2D eigenvalue weighted by Crippen LogP contribution is 2.29. The molecular formula is C26H30F3N3O3. The van der Waals surface area contributed by atoms with Crippen molar-refractivity contribution < 1.29 is 18.0 Å². The molecule has 9 heteroatoms. The highest BCUT2D eigenvalue weighted by Gasteiger charge is 2.30.